The molecule has 0 atom stereocenters. The number of anilines is 1. The van der Waals surface area contributed by atoms with Gasteiger partial charge in [-0.2, -0.15) is 0 Å². The molecule has 0 unspecified atom stereocenters. The molecule has 1 aromatic carbocycles. The molecule has 0 bridgehead atoms. The number of nitrogen functional groups attached to an aromatic ring is 1. The van der Waals surface area contributed by atoms with Crippen LogP contribution in [0.25, 0.3) is 0 Å². The molecule has 1 saturated heterocycles. The van der Waals surface area contributed by atoms with Gasteiger partial charge in [-0.1, -0.05) is 22.0 Å². The highest BCUT2D eigenvalue weighted by Gasteiger charge is 2.19. The van der Waals surface area contributed by atoms with Crippen LogP contribution in [0.3, 0.4) is 0 Å². The van der Waals surface area contributed by atoms with Crippen molar-refractivity contribution in [2.45, 2.75) is 13.0 Å². The first-order valence-corrected chi connectivity index (χ1v) is 8.54. The zero-order valence-electron chi connectivity index (χ0n) is 10.1. The Hall–Kier alpha value is -0.590. The number of nitrogens with zero attached hydrogens (tertiary/aromatic N) is 1. The number of nitrogens with two attached hydrogens (primary N) is 1. The summed E-state index contributed by atoms with van der Waals surface area (Å²) in [5, 5.41) is 0. The third-order valence-electron chi connectivity index (χ3n) is 3.15. The van der Waals surface area contributed by atoms with E-state index in [1.165, 1.54) is 0 Å². The predicted molar refractivity (Wildman–Crippen MR) is 77.1 cm³/mol. The third kappa shape index (κ3) is 3.70. The van der Waals surface area contributed by atoms with Crippen LogP contribution in [0.1, 0.15) is 12.0 Å². The summed E-state index contributed by atoms with van der Waals surface area (Å²) in [6.07, 6.45) is 0.707. The molecule has 2 rings (SSSR count). The van der Waals surface area contributed by atoms with Gasteiger partial charge in [0.15, 0.2) is 9.84 Å². The second kappa shape index (κ2) is 5.59. The topological polar surface area (TPSA) is 63.4 Å². The van der Waals surface area contributed by atoms with Crippen molar-refractivity contribution in [3.05, 3.63) is 28.2 Å². The summed E-state index contributed by atoms with van der Waals surface area (Å²) in [5.41, 5.74) is 7.76. The van der Waals surface area contributed by atoms with Gasteiger partial charge in [-0.05, 0) is 30.7 Å². The first-order valence-electron chi connectivity index (χ1n) is 5.93. The van der Waals surface area contributed by atoms with Crippen molar-refractivity contribution in [2.24, 2.45) is 0 Å². The summed E-state index contributed by atoms with van der Waals surface area (Å²) in [6.45, 7) is 2.13. The summed E-state index contributed by atoms with van der Waals surface area (Å²) >= 11 is 3.38. The van der Waals surface area contributed by atoms with E-state index in [1.807, 2.05) is 18.2 Å². The molecule has 4 nitrogen and oxygen atoms in total. The lowest BCUT2D eigenvalue weighted by molar-refractivity contribution is 0.288. The van der Waals surface area contributed by atoms with E-state index in [0.29, 0.717) is 25.3 Å². The van der Waals surface area contributed by atoms with Gasteiger partial charge < -0.3 is 5.73 Å². The molecule has 0 aliphatic carbocycles. The Morgan fingerprint density at radius 3 is 2.78 bits per heavy atom. The third-order valence-corrected chi connectivity index (χ3v) is 5.36. The Morgan fingerprint density at radius 2 is 2.06 bits per heavy atom. The van der Waals surface area contributed by atoms with Crippen molar-refractivity contribution in [3.8, 4) is 0 Å². The van der Waals surface area contributed by atoms with Gasteiger partial charge in [0.25, 0.3) is 0 Å². The molecule has 0 aromatic heterocycles. The van der Waals surface area contributed by atoms with E-state index in [2.05, 4.69) is 20.8 Å². The number of sulfone groups is 1. The fourth-order valence-corrected chi connectivity index (χ4v) is 3.79. The van der Waals surface area contributed by atoms with E-state index in [-0.39, 0.29) is 5.75 Å². The van der Waals surface area contributed by atoms with Crippen LogP contribution in [0.15, 0.2) is 22.7 Å². The van der Waals surface area contributed by atoms with Crippen LogP contribution >= 0.6 is 15.9 Å². The molecule has 0 amide bonds. The fourth-order valence-electron chi connectivity index (χ4n) is 2.10. The Kier molecular flexibility index (Phi) is 4.29. The van der Waals surface area contributed by atoms with Crippen molar-refractivity contribution in [2.75, 3.05) is 30.3 Å². The molecule has 0 saturated carbocycles. The molecular weight excluding hydrogens is 316 g/mol. The van der Waals surface area contributed by atoms with Crippen molar-refractivity contribution < 1.29 is 8.42 Å². The zero-order valence-corrected chi connectivity index (χ0v) is 12.5. The lowest BCUT2D eigenvalue weighted by atomic mass is 10.1. The average molecular weight is 333 g/mol. The van der Waals surface area contributed by atoms with Gasteiger partial charge in [0.05, 0.1) is 11.5 Å². The van der Waals surface area contributed by atoms with Gasteiger partial charge in [-0.3, -0.25) is 4.90 Å². The number of halogens is 1. The highest BCUT2D eigenvalue weighted by molar-refractivity contribution is 9.10. The van der Waals surface area contributed by atoms with Crippen molar-refractivity contribution in [3.63, 3.8) is 0 Å². The van der Waals surface area contributed by atoms with E-state index in [4.69, 9.17) is 5.73 Å². The maximum atomic E-state index is 11.5. The van der Waals surface area contributed by atoms with Gasteiger partial charge in [0.1, 0.15) is 0 Å². The molecule has 0 spiro atoms. The van der Waals surface area contributed by atoms with Gasteiger partial charge in [0, 0.05) is 23.2 Å². The zero-order chi connectivity index (χ0) is 13.2. The standard InChI is InChI=1S/C12H17BrN2O2S/c13-11-3-2-10(12(14)8-11)9-15-4-1-6-18(16,17)7-5-15/h2-3,8H,1,4-7,9,14H2. The molecule has 2 N–H and O–H groups in total. The molecule has 1 aromatic rings. The first-order chi connectivity index (χ1) is 8.46. The maximum Gasteiger partial charge on any atom is 0.151 e. The number of hydrogen-bond donors (Lipinski definition) is 1. The van der Waals surface area contributed by atoms with E-state index in [1.54, 1.807) is 0 Å². The van der Waals surface area contributed by atoms with Crippen LogP contribution < -0.4 is 5.73 Å². The minimum Gasteiger partial charge on any atom is -0.398 e. The van der Waals surface area contributed by atoms with E-state index >= 15 is 0 Å². The molecule has 1 aliphatic heterocycles. The van der Waals surface area contributed by atoms with E-state index in [9.17, 15) is 8.42 Å². The second-order valence-electron chi connectivity index (χ2n) is 4.62. The van der Waals surface area contributed by atoms with Crippen LogP contribution in [0.4, 0.5) is 5.69 Å². The van der Waals surface area contributed by atoms with E-state index in [0.717, 1.165) is 22.3 Å². The summed E-state index contributed by atoms with van der Waals surface area (Å²) in [4.78, 5) is 2.16. The summed E-state index contributed by atoms with van der Waals surface area (Å²) in [5.74, 6) is 0.558. The number of rotatable bonds is 2. The quantitative estimate of drug-likeness (QED) is 0.836. The largest absolute Gasteiger partial charge is 0.398 e. The van der Waals surface area contributed by atoms with Gasteiger partial charge in [0.2, 0.25) is 0 Å². The first kappa shape index (κ1) is 13.8. The smallest absolute Gasteiger partial charge is 0.151 e. The minimum atomic E-state index is -2.84. The molecule has 1 aliphatic rings. The molecule has 0 radical (unpaired) electrons. The highest BCUT2D eigenvalue weighted by atomic mass is 79.9. The van der Waals surface area contributed by atoms with Crippen LogP contribution in [-0.4, -0.2) is 37.9 Å². The molecule has 1 fully saturated rings. The predicted octanol–water partition coefficient (Wildman–Crippen LogP) is 1.65. The summed E-state index contributed by atoms with van der Waals surface area (Å²) < 4.78 is 24.0. The van der Waals surface area contributed by atoms with E-state index < -0.39 is 9.84 Å². The summed E-state index contributed by atoms with van der Waals surface area (Å²) in [7, 11) is -2.84. The maximum absolute atomic E-state index is 11.5. The number of benzene rings is 1. The molecule has 6 heteroatoms. The molecule has 18 heavy (non-hydrogen) atoms. The second-order valence-corrected chi connectivity index (χ2v) is 7.84. The fraction of sp³-hybridized carbons (Fsp3) is 0.500. The van der Waals surface area contributed by atoms with Crippen LogP contribution in [0.5, 0.6) is 0 Å². The lowest BCUT2D eigenvalue weighted by Gasteiger charge is -2.20. The average Bonchev–Trinajstić information content (AvgIpc) is 2.44. The van der Waals surface area contributed by atoms with Crippen LogP contribution in [0, 0.1) is 0 Å². The minimum absolute atomic E-state index is 0.253. The Labute approximate surface area is 116 Å². The van der Waals surface area contributed by atoms with Gasteiger partial charge in [-0.25, -0.2) is 8.42 Å². The van der Waals surface area contributed by atoms with Crippen molar-refractivity contribution in [1.82, 2.24) is 4.90 Å². The Balaban J connectivity index is 2.05. The number of hydrogen-bond acceptors (Lipinski definition) is 4. The SMILES string of the molecule is Nc1cc(Br)ccc1CN1CCCS(=O)(=O)CC1. The highest BCUT2D eigenvalue weighted by Crippen LogP contribution is 2.20. The lowest BCUT2D eigenvalue weighted by Crippen LogP contribution is -2.27. The molecule has 1 heterocycles. The molecular formula is C12H17BrN2O2S. The Bertz CT molecular complexity index is 531. The Morgan fingerprint density at radius 1 is 1.28 bits per heavy atom. The summed E-state index contributed by atoms with van der Waals surface area (Å²) in [6, 6.07) is 5.82. The van der Waals surface area contributed by atoms with Crippen LogP contribution in [0.2, 0.25) is 0 Å². The van der Waals surface area contributed by atoms with Crippen molar-refractivity contribution in [1.29, 1.82) is 0 Å². The van der Waals surface area contributed by atoms with Crippen LogP contribution in [-0.2, 0) is 16.4 Å². The molecule has 100 valence electrons. The van der Waals surface area contributed by atoms with Gasteiger partial charge in [-0.15, -0.1) is 0 Å². The van der Waals surface area contributed by atoms with Gasteiger partial charge >= 0.3 is 0 Å². The van der Waals surface area contributed by atoms with Crippen molar-refractivity contribution >= 4 is 31.5 Å². The monoisotopic (exact) mass is 332 g/mol. The normalized spacial score (nSPS) is 20.5.